The Kier molecular flexibility index (Phi) is 3.25. The summed E-state index contributed by atoms with van der Waals surface area (Å²) in [6.45, 7) is 6.08. The average Bonchev–Trinajstić information content (AvgIpc) is 2.01. The third kappa shape index (κ3) is 2.79. The molecule has 0 radical (unpaired) electrons. The monoisotopic (exact) mass is 213 g/mol. The molecule has 0 saturated carbocycles. The van der Waals surface area contributed by atoms with Crippen molar-refractivity contribution in [2.75, 3.05) is 0 Å². The summed E-state index contributed by atoms with van der Waals surface area (Å²) in [5.74, 6) is 0.476. The van der Waals surface area contributed by atoms with Gasteiger partial charge in [0.05, 0.1) is 0 Å². The van der Waals surface area contributed by atoms with Gasteiger partial charge in [0.2, 0.25) is 0 Å². The van der Waals surface area contributed by atoms with E-state index < -0.39 is 8.25 Å². The minimum Gasteiger partial charge on any atom is -0.229 e. The van der Waals surface area contributed by atoms with Crippen LogP contribution in [0.5, 0.6) is 5.75 Å². The molecule has 1 unspecified atom stereocenters. The first-order valence-electron chi connectivity index (χ1n) is 4.35. The number of hydrogen-bond acceptors (Lipinski definition) is 2. The van der Waals surface area contributed by atoms with Crippen LogP contribution in [0.15, 0.2) is 24.3 Å². The van der Waals surface area contributed by atoms with Gasteiger partial charge in [0.25, 0.3) is 0 Å². The van der Waals surface area contributed by atoms with E-state index in [1.807, 2.05) is 32.9 Å². The molecule has 0 spiro atoms. The Hall–Kier alpha value is -0.920. The van der Waals surface area contributed by atoms with E-state index in [9.17, 15) is 4.57 Å². The fraction of sp³-hybridized carbons (Fsp3) is 0.400. The fourth-order valence-electron chi connectivity index (χ4n) is 1.25. The number of benzene rings is 1. The van der Waals surface area contributed by atoms with Gasteiger partial charge in [0.1, 0.15) is 0 Å². The minimum absolute atomic E-state index is 0.0953. The lowest BCUT2D eigenvalue weighted by molar-refractivity contribution is 0.404. The van der Waals surface area contributed by atoms with Crippen LogP contribution in [0, 0.1) is 0 Å². The molecule has 0 heterocycles. The molecule has 0 bridgehead atoms. The van der Waals surface area contributed by atoms with Crippen molar-refractivity contribution in [2.45, 2.75) is 26.2 Å². The van der Waals surface area contributed by atoms with Crippen molar-refractivity contribution in [1.82, 2.24) is 0 Å². The van der Waals surface area contributed by atoms with E-state index in [4.69, 9.17) is 9.42 Å². The molecule has 1 aromatic rings. The van der Waals surface area contributed by atoms with E-state index in [2.05, 4.69) is 0 Å². The van der Waals surface area contributed by atoms with Gasteiger partial charge in [-0.05, 0) is 11.5 Å². The lowest BCUT2D eigenvalue weighted by Gasteiger charge is -2.19. The quantitative estimate of drug-likeness (QED) is 0.768. The van der Waals surface area contributed by atoms with Crippen molar-refractivity contribution in [3.8, 4) is 5.75 Å². The fourth-order valence-corrected chi connectivity index (χ4v) is 1.58. The van der Waals surface area contributed by atoms with Gasteiger partial charge in [-0.2, -0.15) is 0 Å². The summed E-state index contributed by atoms with van der Waals surface area (Å²) >= 11 is 0. The molecule has 0 aliphatic rings. The molecule has 0 fully saturated rings. The van der Waals surface area contributed by atoms with Crippen molar-refractivity contribution in [1.29, 1.82) is 0 Å². The molecule has 1 atom stereocenters. The molecular weight excluding hydrogens is 199 g/mol. The number of rotatable bonds is 2. The van der Waals surface area contributed by atoms with Crippen LogP contribution < -0.4 is 4.52 Å². The van der Waals surface area contributed by atoms with E-state index in [-0.39, 0.29) is 5.41 Å². The first-order valence-corrected chi connectivity index (χ1v) is 5.48. The highest BCUT2D eigenvalue weighted by molar-refractivity contribution is 7.32. The van der Waals surface area contributed by atoms with E-state index in [1.165, 1.54) is 0 Å². The molecule has 14 heavy (non-hydrogen) atoms. The van der Waals surface area contributed by atoms with Crippen molar-refractivity contribution in [3.63, 3.8) is 0 Å². The van der Waals surface area contributed by atoms with Crippen LogP contribution in [-0.4, -0.2) is 4.89 Å². The zero-order valence-corrected chi connectivity index (χ0v) is 9.41. The molecule has 0 saturated heterocycles. The molecule has 0 amide bonds. The average molecular weight is 213 g/mol. The van der Waals surface area contributed by atoms with Gasteiger partial charge in [-0.25, -0.2) is 4.52 Å². The van der Waals surface area contributed by atoms with E-state index >= 15 is 0 Å². The molecule has 1 aromatic carbocycles. The topological polar surface area (TPSA) is 46.5 Å². The normalized spacial score (nSPS) is 12.4. The maximum absolute atomic E-state index is 10.6. The molecule has 0 aromatic heterocycles. The van der Waals surface area contributed by atoms with Crippen molar-refractivity contribution in [3.05, 3.63) is 29.8 Å². The van der Waals surface area contributed by atoms with Crippen molar-refractivity contribution >= 4 is 8.25 Å². The third-order valence-electron chi connectivity index (χ3n) is 1.87. The largest absolute Gasteiger partial charge is 0.747 e. The summed E-state index contributed by atoms with van der Waals surface area (Å²) in [7, 11) is -2.59. The van der Waals surface area contributed by atoms with Gasteiger partial charge in [-0.1, -0.05) is 39.0 Å². The van der Waals surface area contributed by atoms with Gasteiger partial charge < -0.3 is 0 Å². The summed E-state index contributed by atoms with van der Waals surface area (Å²) in [6.07, 6.45) is 0. The Bertz CT molecular complexity index is 341. The summed E-state index contributed by atoms with van der Waals surface area (Å²) in [6, 6.07) is 7.26. The Morgan fingerprint density at radius 2 is 1.86 bits per heavy atom. The van der Waals surface area contributed by atoms with E-state index in [1.54, 1.807) is 12.1 Å². The molecule has 0 aliphatic carbocycles. The van der Waals surface area contributed by atoms with Gasteiger partial charge in [0.15, 0.2) is 5.75 Å². The molecule has 4 heteroatoms. The van der Waals surface area contributed by atoms with Crippen LogP contribution >= 0.6 is 8.25 Å². The van der Waals surface area contributed by atoms with Gasteiger partial charge in [0, 0.05) is 10.1 Å². The summed E-state index contributed by atoms with van der Waals surface area (Å²) in [5.41, 5.74) is 0.833. The highest BCUT2D eigenvalue weighted by atomic mass is 31.1. The second-order valence-corrected chi connectivity index (χ2v) is 4.73. The summed E-state index contributed by atoms with van der Waals surface area (Å²) < 4.78 is 15.4. The Morgan fingerprint density at radius 1 is 1.29 bits per heavy atom. The van der Waals surface area contributed by atoms with E-state index in [0.29, 0.717) is 5.75 Å². The second kappa shape index (κ2) is 4.07. The van der Waals surface area contributed by atoms with Crippen LogP contribution in [0.2, 0.25) is 0 Å². The smallest absolute Gasteiger partial charge is 0.229 e. The third-order valence-corrected chi connectivity index (χ3v) is 2.22. The molecular formula is C10H14O3P+. The first-order chi connectivity index (χ1) is 6.41. The standard InChI is InChI=1S/C10H13O3P/c1-10(2,3)8-6-4-5-7-9(8)13-14(11)12/h4-7H,1-3H3/p+1. The predicted molar refractivity (Wildman–Crippen MR) is 55.6 cm³/mol. The van der Waals surface area contributed by atoms with Crippen LogP contribution in [0.25, 0.3) is 0 Å². The Balaban J connectivity index is 3.10. The molecule has 1 rings (SSSR count). The lowest BCUT2D eigenvalue weighted by atomic mass is 9.86. The maximum Gasteiger partial charge on any atom is 0.747 e. The highest BCUT2D eigenvalue weighted by Gasteiger charge is 2.24. The van der Waals surface area contributed by atoms with Crippen LogP contribution in [-0.2, 0) is 9.98 Å². The first kappa shape index (κ1) is 11.2. The number of hydrogen-bond donors (Lipinski definition) is 1. The van der Waals surface area contributed by atoms with Crippen LogP contribution in [0.3, 0.4) is 0 Å². The van der Waals surface area contributed by atoms with E-state index in [0.717, 1.165) is 5.56 Å². The maximum atomic E-state index is 10.6. The molecule has 76 valence electrons. The zero-order valence-electron chi connectivity index (χ0n) is 8.52. The molecule has 3 nitrogen and oxygen atoms in total. The van der Waals surface area contributed by atoms with Crippen LogP contribution in [0.4, 0.5) is 0 Å². The predicted octanol–water partition coefficient (Wildman–Crippen LogP) is 3.01. The zero-order chi connectivity index (χ0) is 10.8. The van der Waals surface area contributed by atoms with Crippen molar-refractivity contribution < 1.29 is 14.0 Å². The Morgan fingerprint density at radius 3 is 2.36 bits per heavy atom. The number of para-hydroxylation sites is 1. The Labute approximate surface area is 84.7 Å². The molecule has 0 aliphatic heterocycles. The minimum atomic E-state index is -2.59. The summed E-state index contributed by atoms with van der Waals surface area (Å²) in [4.78, 5) is 8.68. The molecule has 1 N–H and O–H groups in total. The van der Waals surface area contributed by atoms with Gasteiger partial charge >= 0.3 is 8.25 Å². The van der Waals surface area contributed by atoms with Crippen LogP contribution in [0.1, 0.15) is 26.3 Å². The van der Waals surface area contributed by atoms with Gasteiger partial charge in [-0.15, -0.1) is 4.89 Å². The second-order valence-electron chi connectivity index (χ2n) is 4.08. The van der Waals surface area contributed by atoms with Crippen molar-refractivity contribution in [2.24, 2.45) is 0 Å². The summed E-state index contributed by atoms with van der Waals surface area (Å²) in [5, 5.41) is 0. The highest BCUT2D eigenvalue weighted by Crippen LogP contribution is 2.34. The SMILES string of the molecule is CC(C)(C)c1ccccc1O[P+](=O)O. The van der Waals surface area contributed by atoms with Gasteiger partial charge in [-0.3, -0.25) is 0 Å². The lowest BCUT2D eigenvalue weighted by Crippen LogP contribution is -2.12.